The summed E-state index contributed by atoms with van der Waals surface area (Å²) in [6.45, 7) is 1.82. The summed E-state index contributed by atoms with van der Waals surface area (Å²) in [4.78, 5) is 21.2. The molecule has 6 nitrogen and oxygen atoms in total. The maximum atomic E-state index is 11.2. The zero-order valence-electron chi connectivity index (χ0n) is 10.6. The molecule has 0 heterocycles. The average molecular weight is 273 g/mol. The normalized spacial score (nSPS) is 10.1. The zero-order chi connectivity index (χ0) is 14.7. The fourth-order valence-corrected chi connectivity index (χ4v) is 1.68. The second kappa shape index (κ2) is 5.40. The van der Waals surface area contributed by atoms with Crippen LogP contribution >= 0.6 is 0 Å². The number of hydrogen-bond donors (Lipinski definition) is 1. The molecular formula is C14H11NO5. The van der Waals surface area contributed by atoms with Crippen molar-refractivity contribution in [3.63, 3.8) is 0 Å². The Morgan fingerprint density at radius 1 is 1.20 bits per heavy atom. The van der Waals surface area contributed by atoms with Crippen LogP contribution in [-0.4, -0.2) is 16.0 Å². The first-order valence-electron chi connectivity index (χ1n) is 5.74. The van der Waals surface area contributed by atoms with Crippen LogP contribution in [0.3, 0.4) is 0 Å². The minimum absolute atomic E-state index is 0.0670. The van der Waals surface area contributed by atoms with Crippen molar-refractivity contribution in [2.24, 2.45) is 0 Å². The lowest BCUT2D eigenvalue weighted by molar-refractivity contribution is -0.384. The van der Waals surface area contributed by atoms with Crippen LogP contribution in [0.25, 0.3) is 0 Å². The fourth-order valence-electron chi connectivity index (χ4n) is 1.68. The lowest BCUT2D eigenvalue weighted by Gasteiger charge is -2.10. The van der Waals surface area contributed by atoms with Crippen molar-refractivity contribution >= 4 is 11.7 Å². The number of carboxylic acid groups (broad SMARTS) is 1. The highest BCUT2D eigenvalue weighted by Gasteiger charge is 2.18. The van der Waals surface area contributed by atoms with Crippen molar-refractivity contribution in [3.05, 3.63) is 63.7 Å². The molecule has 0 aliphatic rings. The molecular weight excluding hydrogens is 262 g/mol. The van der Waals surface area contributed by atoms with Gasteiger partial charge in [-0.3, -0.25) is 10.1 Å². The van der Waals surface area contributed by atoms with Crippen LogP contribution in [0.2, 0.25) is 0 Å². The summed E-state index contributed by atoms with van der Waals surface area (Å²) < 4.78 is 5.53. The van der Waals surface area contributed by atoms with Crippen LogP contribution in [0.5, 0.6) is 11.5 Å². The SMILES string of the molecule is Cc1ccccc1Oc1ccc([N+](=O)[O-])cc1C(=O)O. The van der Waals surface area contributed by atoms with E-state index in [4.69, 9.17) is 9.84 Å². The summed E-state index contributed by atoms with van der Waals surface area (Å²) in [5.74, 6) is -0.710. The van der Waals surface area contributed by atoms with E-state index < -0.39 is 10.9 Å². The number of non-ortho nitro benzene ring substituents is 1. The molecule has 0 aliphatic carbocycles. The Morgan fingerprint density at radius 3 is 2.50 bits per heavy atom. The molecule has 2 aromatic rings. The molecule has 0 aromatic heterocycles. The number of para-hydroxylation sites is 1. The Hall–Kier alpha value is -2.89. The third-order valence-corrected chi connectivity index (χ3v) is 2.72. The smallest absolute Gasteiger partial charge is 0.339 e. The number of carbonyl (C=O) groups is 1. The van der Waals surface area contributed by atoms with E-state index in [2.05, 4.69) is 0 Å². The van der Waals surface area contributed by atoms with Crippen molar-refractivity contribution in [2.45, 2.75) is 6.92 Å². The number of hydrogen-bond acceptors (Lipinski definition) is 4. The van der Waals surface area contributed by atoms with Gasteiger partial charge in [0, 0.05) is 12.1 Å². The first-order valence-corrected chi connectivity index (χ1v) is 5.74. The predicted octanol–water partition coefficient (Wildman–Crippen LogP) is 3.39. The number of nitro benzene ring substituents is 1. The third-order valence-electron chi connectivity index (χ3n) is 2.72. The Kier molecular flexibility index (Phi) is 3.65. The highest BCUT2D eigenvalue weighted by Crippen LogP contribution is 2.30. The second-order valence-electron chi connectivity index (χ2n) is 4.11. The standard InChI is InChI=1S/C14H11NO5/c1-9-4-2-3-5-12(9)20-13-7-6-10(15(18)19)8-11(13)14(16)17/h2-8H,1H3,(H,16,17). The Balaban J connectivity index is 2.44. The van der Waals surface area contributed by atoms with Gasteiger partial charge in [-0.25, -0.2) is 4.79 Å². The first kappa shape index (κ1) is 13.5. The second-order valence-corrected chi connectivity index (χ2v) is 4.11. The minimum atomic E-state index is -1.28. The van der Waals surface area contributed by atoms with Crippen LogP contribution in [-0.2, 0) is 0 Å². The van der Waals surface area contributed by atoms with Gasteiger partial charge in [0.1, 0.15) is 17.1 Å². The summed E-state index contributed by atoms with van der Waals surface area (Å²) >= 11 is 0. The number of nitro groups is 1. The number of aryl methyl sites for hydroxylation is 1. The Morgan fingerprint density at radius 2 is 1.90 bits per heavy atom. The van der Waals surface area contributed by atoms with Crippen molar-refractivity contribution < 1.29 is 19.6 Å². The minimum Gasteiger partial charge on any atom is -0.478 e. The van der Waals surface area contributed by atoms with E-state index in [-0.39, 0.29) is 17.0 Å². The first-order chi connectivity index (χ1) is 9.49. The summed E-state index contributed by atoms with van der Waals surface area (Å²) in [5, 5.41) is 19.8. The molecule has 0 radical (unpaired) electrons. The predicted molar refractivity (Wildman–Crippen MR) is 71.3 cm³/mol. The molecule has 2 rings (SSSR count). The highest BCUT2D eigenvalue weighted by molar-refractivity contribution is 5.91. The van der Waals surface area contributed by atoms with Crippen LogP contribution in [0, 0.1) is 17.0 Å². The van der Waals surface area contributed by atoms with Gasteiger partial charge in [0.05, 0.1) is 4.92 Å². The molecule has 1 N–H and O–H groups in total. The van der Waals surface area contributed by atoms with Crippen molar-refractivity contribution in [1.82, 2.24) is 0 Å². The van der Waals surface area contributed by atoms with Gasteiger partial charge in [0.15, 0.2) is 0 Å². The van der Waals surface area contributed by atoms with E-state index in [1.54, 1.807) is 12.1 Å². The molecule has 0 saturated carbocycles. The van der Waals surface area contributed by atoms with Crippen LogP contribution in [0.15, 0.2) is 42.5 Å². The van der Waals surface area contributed by atoms with Gasteiger partial charge < -0.3 is 9.84 Å². The van der Waals surface area contributed by atoms with Gasteiger partial charge in [-0.1, -0.05) is 18.2 Å². The molecule has 0 atom stereocenters. The van der Waals surface area contributed by atoms with Gasteiger partial charge in [-0.05, 0) is 24.6 Å². The third kappa shape index (κ3) is 2.74. The number of rotatable bonds is 4. The largest absolute Gasteiger partial charge is 0.478 e. The number of ether oxygens (including phenoxy) is 1. The number of nitrogens with zero attached hydrogens (tertiary/aromatic N) is 1. The molecule has 0 unspecified atom stereocenters. The van der Waals surface area contributed by atoms with E-state index >= 15 is 0 Å². The summed E-state index contributed by atoms with van der Waals surface area (Å²) in [6, 6.07) is 10.6. The molecule has 20 heavy (non-hydrogen) atoms. The summed E-state index contributed by atoms with van der Waals surface area (Å²) in [6.07, 6.45) is 0. The molecule has 2 aromatic carbocycles. The fraction of sp³-hybridized carbons (Fsp3) is 0.0714. The van der Waals surface area contributed by atoms with Crippen molar-refractivity contribution in [2.75, 3.05) is 0 Å². The Bertz CT molecular complexity index is 681. The molecule has 0 saturated heterocycles. The van der Waals surface area contributed by atoms with E-state index in [9.17, 15) is 14.9 Å². The molecule has 0 aliphatic heterocycles. The maximum absolute atomic E-state index is 11.2. The molecule has 0 fully saturated rings. The van der Waals surface area contributed by atoms with Gasteiger partial charge in [-0.2, -0.15) is 0 Å². The summed E-state index contributed by atoms with van der Waals surface area (Å²) in [5.41, 5.74) is 0.296. The average Bonchev–Trinajstić information content (AvgIpc) is 2.41. The maximum Gasteiger partial charge on any atom is 0.339 e. The van der Waals surface area contributed by atoms with Gasteiger partial charge in [0.25, 0.3) is 5.69 Å². The topological polar surface area (TPSA) is 89.7 Å². The molecule has 0 spiro atoms. The zero-order valence-corrected chi connectivity index (χ0v) is 10.6. The molecule has 6 heteroatoms. The quantitative estimate of drug-likeness (QED) is 0.681. The summed E-state index contributed by atoms with van der Waals surface area (Å²) in [7, 11) is 0. The van der Waals surface area contributed by atoms with Crippen molar-refractivity contribution in [3.8, 4) is 11.5 Å². The number of benzene rings is 2. The van der Waals surface area contributed by atoms with E-state index in [0.717, 1.165) is 11.6 Å². The number of aromatic carboxylic acids is 1. The van der Waals surface area contributed by atoms with Crippen LogP contribution in [0.1, 0.15) is 15.9 Å². The highest BCUT2D eigenvalue weighted by atomic mass is 16.6. The van der Waals surface area contributed by atoms with Gasteiger partial charge in [-0.15, -0.1) is 0 Å². The monoisotopic (exact) mass is 273 g/mol. The Labute approximate surface area is 114 Å². The van der Waals surface area contributed by atoms with Crippen molar-refractivity contribution in [1.29, 1.82) is 0 Å². The van der Waals surface area contributed by atoms with E-state index in [0.29, 0.717) is 5.75 Å². The van der Waals surface area contributed by atoms with E-state index in [1.807, 2.05) is 19.1 Å². The lowest BCUT2D eigenvalue weighted by atomic mass is 10.1. The molecule has 0 amide bonds. The van der Waals surface area contributed by atoms with Crippen LogP contribution in [0.4, 0.5) is 5.69 Å². The van der Waals surface area contributed by atoms with Gasteiger partial charge in [0.2, 0.25) is 0 Å². The van der Waals surface area contributed by atoms with Crippen LogP contribution < -0.4 is 4.74 Å². The molecule has 0 bridgehead atoms. The number of carboxylic acids is 1. The lowest BCUT2D eigenvalue weighted by Crippen LogP contribution is -2.02. The molecule has 102 valence electrons. The van der Waals surface area contributed by atoms with Gasteiger partial charge >= 0.3 is 5.97 Å². The van der Waals surface area contributed by atoms with E-state index in [1.165, 1.54) is 12.1 Å².